The van der Waals surface area contributed by atoms with Crippen molar-refractivity contribution in [1.29, 1.82) is 0 Å². The van der Waals surface area contributed by atoms with Crippen LogP contribution in [0.25, 0.3) is 0 Å². The minimum absolute atomic E-state index is 0.0281. The van der Waals surface area contributed by atoms with Crippen molar-refractivity contribution in [3.63, 3.8) is 0 Å². The van der Waals surface area contributed by atoms with Gasteiger partial charge in [0.25, 0.3) is 0 Å². The van der Waals surface area contributed by atoms with Crippen molar-refractivity contribution in [2.45, 2.75) is 45.4 Å². The number of carboxylic acids is 1. The summed E-state index contributed by atoms with van der Waals surface area (Å²) >= 11 is 0. The fraction of sp³-hybridized carbons (Fsp3) is 0.500. The van der Waals surface area contributed by atoms with Gasteiger partial charge in [0.15, 0.2) is 0 Å². The lowest BCUT2D eigenvalue weighted by atomic mass is 9.77. The average molecular weight is 220 g/mol. The number of hydrogen-bond acceptors (Lipinski definition) is 1. The second-order valence-corrected chi connectivity index (χ2v) is 4.88. The summed E-state index contributed by atoms with van der Waals surface area (Å²) in [5.41, 5.74) is 2.11. The van der Waals surface area contributed by atoms with Gasteiger partial charge in [0.05, 0.1) is 5.92 Å². The molecule has 0 saturated heterocycles. The lowest BCUT2D eigenvalue weighted by Crippen LogP contribution is -2.20. The topological polar surface area (TPSA) is 37.3 Å². The predicted molar refractivity (Wildman–Crippen MR) is 65.8 cm³/mol. The van der Waals surface area contributed by atoms with Crippen LogP contribution < -0.4 is 0 Å². The lowest BCUT2D eigenvalue weighted by Gasteiger charge is -2.27. The zero-order chi connectivity index (χ0) is 12.3. The van der Waals surface area contributed by atoms with Gasteiger partial charge in [-0.05, 0) is 29.9 Å². The van der Waals surface area contributed by atoms with Crippen LogP contribution in [0.15, 0.2) is 24.3 Å². The monoisotopic (exact) mass is 220 g/mol. The van der Waals surface area contributed by atoms with E-state index in [0.29, 0.717) is 0 Å². The molecule has 0 aliphatic rings. The number of carboxylic acid groups (broad SMARTS) is 1. The minimum Gasteiger partial charge on any atom is -0.481 e. The van der Waals surface area contributed by atoms with Crippen LogP contribution in [0.5, 0.6) is 0 Å². The first kappa shape index (κ1) is 12.8. The number of rotatable bonds is 4. The predicted octanol–water partition coefficient (Wildman–Crippen LogP) is 3.56. The van der Waals surface area contributed by atoms with E-state index in [-0.39, 0.29) is 5.41 Å². The number of benzene rings is 1. The summed E-state index contributed by atoms with van der Waals surface area (Å²) in [6.45, 7) is 8.18. The van der Waals surface area contributed by atoms with E-state index in [1.165, 1.54) is 0 Å². The van der Waals surface area contributed by atoms with Gasteiger partial charge in [-0.15, -0.1) is 0 Å². The molecule has 2 heteroatoms. The van der Waals surface area contributed by atoms with Gasteiger partial charge in [-0.25, -0.2) is 0 Å². The Bertz CT molecular complexity index is 380. The van der Waals surface area contributed by atoms with Crippen molar-refractivity contribution >= 4 is 5.97 Å². The van der Waals surface area contributed by atoms with Gasteiger partial charge in [-0.1, -0.05) is 45.0 Å². The molecule has 1 unspecified atom stereocenters. The fourth-order valence-electron chi connectivity index (χ4n) is 1.81. The van der Waals surface area contributed by atoms with Crippen LogP contribution in [0.4, 0.5) is 0 Å². The van der Waals surface area contributed by atoms with Crippen LogP contribution in [-0.4, -0.2) is 11.1 Å². The summed E-state index contributed by atoms with van der Waals surface area (Å²) < 4.78 is 0. The zero-order valence-corrected chi connectivity index (χ0v) is 10.4. The minimum atomic E-state index is -0.764. The van der Waals surface area contributed by atoms with E-state index in [9.17, 15) is 4.79 Å². The molecule has 0 heterocycles. The quantitative estimate of drug-likeness (QED) is 0.842. The molecule has 16 heavy (non-hydrogen) atoms. The summed E-state index contributed by atoms with van der Waals surface area (Å²) in [7, 11) is 0. The largest absolute Gasteiger partial charge is 0.481 e. The summed E-state index contributed by atoms with van der Waals surface area (Å²) in [6, 6.07) is 7.85. The van der Waals surface area contributed by atoms with Crippen molar-refractivity contribution in [2.24, 2.45) is 0 Å². The Labute approximate surface area is 97.3 Å². The molecule has 1 N–H and O–H groups in total. The summed E-state index contributed by atoms with van der Waals surface area (Å²) in [4.78, 5) is 11.1. The SMILES string of the molecule is CCC(C)(C)c1ccccc1C(C)C(=O)O. The molecule has 1 aromatic carbocycles. The number of hydrogen-bond donors (Lipinski definition) is 1. The van der Waals surface area contributed by atoms with Crippen molar-refractivity contribution in [1.82, 2.24) is 0 Å². The van der Waals surface area contributed by atoms with Crippen molar-refractivity contribution < 1.29 is 9.90 Å². The average Bonchev–Trinajstić information content (AvgIpc) is 2.28. The zero-order valence-electron chi connectivity index (χ0n) is 10.4. The third kappa shape index (κ3) is 2.43. The van der Waals surface area contributed by atoms with Crippen LogP contribution >= 0.6 is 0 Å². The Hall–Kier alpha value is -1.31. The second kappa shape index (κ2) is 4.69. The lowest BCUT2D eigenvalue weighted by molar-refractivity contribution is -0.138. The summed E-state index contributed by atoms with van der Waals surface area (Å²) in [6.07, 6.45) is 0.996. The molecule has 0 aromatic heterocycles. The van der Waals surface area contributed by atoms with Crippen molar-refractivity contribution in [3.8, 4) is 0 Å². The number of aliphatic carboxylic acids is 1. The normalized spacial score (nSPS) is 13.5. The molecule has 0 fully saturated rings. The van der Waals surface area contributed by atoms with E-state index in [2.05, 4.69) is 20.8 Å². The highest BCUT2D eigenvalue weighted by Crippen LogP contribution is 2.33. The van der Waals surface area contributed by atoms with Crippen LogP contribution in [0, 0.1) is 0 Å². The first-order chi connectivity index (χ1) is 7.40. The molecule has 88 valence electrons. The second-order valence-electron chi connectivity index (χ2n) is 4.88. The molecule has 0 aliphatic carbocycles. The highest BCUT2D eigenvalue weighted by atomic mass is 16.4. The number of carbonyl (C=O) groups is 1. The molecule has 0 aliphatic heterocycles. The molecule has 2 nitrogen and oxygen atoms in total. The van der Waals surface area contributed by atoms with Crippen LogP contribution in [0.3, 0.4) is 0 Å². The van der Waals surface area contributed by atoms with Crippen LogP contribution in [-0.2, 0) is 10.2 Å². The Kier molecular flexibility index (Phi) is 3.74. The molecule has 0 spiro atoms. The Morgan fingerprint density at radius 2 is 1.94 bits per heavy atom. The molecule has 0 amide bonds. The Morgan fingerprint density at radius 1 is 1.38 bits per heavy atom. The highest BCUT2D eigenvalue weighted by molar-refractivity contribution is 5.76. The maximum Gasteiger partial charge on any atom is 0.310 e. The van der Waals surface area contributed by atoms with Crippen molar-refractivity contribution in [2.75, 3.05) is 0 Å². The van der Waals surface area contributed by atoms with E-state index in [1.54, 1.807) is 6.92 Å². The van der Waals surface area contributed by atoms with Gasteiger partial charge in [0.1, 0.15) is 0 Å². The maximum atomic E-state index is 11.1. The van der Waals surface area contributed by atoms with Crippen molar-refractivity contribution in [3.05, 3.63) is 35.4 Å². The van der Waals surface area contributed by atoms with Crippen LogP contribution in [0.1, 0.15) is 51.2 Å². The van der Waals surface area contributed by atoms with Gasteiger partial charge in [-0.2, -0.15) is 0 Å². The third-order valence-electron chi connectivity index (χ3n) is 3.41. The first-order valence-electron chi connectivity index (χ1n) is 5.72. The van der Waals surface area contributed by atoms with Gasteiger partial charge in [-0.3, -0.25) is 4.79 Å². The molecular weight excluding hydrogens is 200 g/mol. The van der Waals surface area contributed by atoms with Gasteiger partial charge < -0.3 is 5.11 Å². The molecule has 0 bridgehead atoms. The van der Waals surface area contributed by atoms with Gasteiger partial charge >= 0.3 is 5.97 Å². The van der Waals surface area contributed by atoms with Crippen LogP contribution in [0.2, 0.25) is 0 Å². The Balaban J connectivity index is 3.25. The van der Waals surface area contributed by atoms with E-state index < -0.39 is 11.9 Å². The third-order valence-corrected chi connectivity index (χ3v) is 3.41. The maximum absolute atomic E-state index is 11.1. The van der Waals surface area contributed by atoms with E-state index in [1.807, 2.05) is 24.3 Å². The summed E-state index contributed by atoms with van der Waals surface area (Å²) in [5, 5.41) is 9.10. The molecular formula is C14H20O2. The molecule has 0 saturated carbocycles. The Morgan fingerprint density at radius 3 is 2.44 bits per heavy atom. The molecule has 1 aromatic rings. The fourth-order valence-corrected chi connectivity index (χ4v) is 1.81. The highest BCUT2D eigenvalue weighted by Gasteiger charge is 2.25. The standard InChI is InChI=1S/C14H20O2/c1-5-14(3,4)12-9-7-6-8-11(12)10(2)13(15)16/h6-10H,5H2,1-4H3,(H,15,16). The van der Waals surface area contributed by atoms with Gasteiger partial charge in [0, 0.05) is 0 Å². The molecule has 0 radical (unpaired) electrons. The summed E-state index contributed by atoms with van der Waals surface area (Å²) in [5.74, 6) is -1.21. The van der Waals surface area contributed by atoms with E-state index >= 15 is 0 Å². The molecule has 1 rings (SSSR count). The van der Waals surface area contributed by atoms with E-state index in [4.69, 9.17) is 5.11 Å². The van der Waals surface area contributed by atoms with Gasteiger partial charge in [0.2, 0.25) is 0 Å². The smallest absolute Gasteiger partial charge is 0.310 e. The molecule has 1 atom stereocenters. The van der Waals surface area contributed by atoms with E-state index in [0.717, 1.165) is 17.5 Å². The first-order valence-corrected chi connectivity index (χ1v) is 5.72.